The minimum absolute atomic E-state index is 0.338. The Balaban J connectivity index is 1.55. The van der Waals surface area contributed by atoms with Crippen molar-refractivity contribution < 1.29 is 4.74 Å². The van der Waals surface area contributed by atoms with Gasteiger partial charge in [-0.2, -0.15) is 0 Å². The third-order valence-corrected chi connectivity index (χ3v) is 4.50. The summed E-state index contributed by atoms with van der Waals surface area (Å²) in [5, 5.41) is 3.65. The first-order valence-electron chi connectivity index (χ1n) is 7.93. The molecule has 3 atom stereocenters. The summed E-state index contributed by atoms with van der Waals surface area (Å²) in [7, 11) is 0. The molecule has 1 saturated heterocycles. The van der Waals surface area contributed by atoms with Crippen LogP contribution in [0, 0.1) is 0 Å². The van der Waals surface area contributed by atoms with Gasteiger partial charge in [-0.25, -0.2) is 0 Å². The van der Waals surface area contributed by atoms with Gasteiger partial charge in [-0.05, 0) is 51.4 Å². The SMILES string of the molecule is CC1CCN(CC2Cc3ccccc3O2)CCC(C)N1. The Labute approximate surface area is 122 Å². The van der Waals surface area contributed by atoms with Gasteiger partial charge in [-0.15, -0.1) is 0 Å². The predicted octanol–water partition coefficient (Wildman–Crippen LogP) is 2.45. The lowest BCUT2D eigenvalue weighted by atomic mass is 10.1. The van der Waals surface area contributed by atoms with Crippen molar-refractivity contribution in [1.29, 1.82) is 0 Å². The van der Waals surface area contributed by atoms with Crippen LogP contribution in [0.25, 0.3) is 0 Å². The van der Waals surface area contributed by atoms with Gasteiger partial charge >= 0.3 is 0 Å². The number of fused-ring (bicyclic) bond motifs is 1. The van der Waals surface area contributed by atoms with Crippen molar-refractivity contribution in [1.82, 2.24) is 10.2 Å². The summed E-state index contributed by atoms with van der Waals surface area (Å²) in [5.74, 6) is 1.09. The molecule has 0 aromatic heterocycles. The van der Waals surface area contributed by atoms with E-state index in [-0.39, 0.29) is 0 Å². The summed E-state index contributed by atoms with van der Waals surface area (Å²) in [6.07, 6.45) is 3.86. The van der Waals surface area contributed by atoms with Crippen molar-refractivity contribution >= 4 is 0 Å². The number of benzene rings is 1. The largest absolute Gasteiger partial charge is 0.488 e. The zero-order valence-corrected chi connectivity index (χ0v) is 12.6. The lowest BCUT2D eigenvalue weighted by Crippen LogP contribution is -2.45. The van der Waals surface area contributed by atoms with E-state index in [1.54, 1.807) is 0 Å². The van der Waals surface area contributed by atoms with Crippen LogP contribution >= 0.6 is 0 Å². The molecule has 0 spiro atoms. The van der Waals surface area contributed by atoms with Crippen LogP contribution in [0.4, 0.5) is 0 Å². The number of hydrogen-bond acceptors (Lipinski definition) is 3. The maximum absolute atomic E-state index is 6.08. The Hall–Kier alpha value is -1.06. The average molecular weight is 274 g/mol. The predicted molar refractivity (Wildman–Crippen MR) is 82.3 cm³/mol. The first-order chi connectivity index (χ1) is 9.70. The Bertz CT molecular complexity index is 411. The van der Waals surface area contributed by atoms with Crippen LogP contribution in [0.15, 0.2) is 24.3 Å². The van der Waals surface area contributed by atoms with E-state index >= 15 is 0 Å². The van der Waals surface area contributed by atoms with Crippen LogP contribution in [0.2, 0.25) is 0 Å². The summed E-state index contributed by atoms with van der Waals surface area (Å²) in [4.78, 5) is 2.59. The van der Waals surface area contributed by atoms with Gasteiger partial charge in [0, 0.05) is 25.0 Å². The number of nitrogens with one attached hydrogen (secondary N) is 1. The molecule has 2 heterocycles. The van der Waals surface area contributed by atoms with Gasteiger partial charge in [-0.1, -0.05) is 18.2 Å². The maximum Gasteiger partial charge on any atom is 0.123 e. The van der Waals surface area contributed by atoms with E-state index in [0.717, 1.165) is 18.7 Å². The Morgan fingerprint density at radius 1 is 1.15 bits per heavy atom. The fourth-order valence-corrected chi connectivity index (χ4v) is 3.34. The first kappa shape index (κ1) is 13.9. The molecular weight excluding hydrogens is 248 g/mol. The fraction of sp³-hybridized carbons (Fsp3) is 0.647. The second-order valence-corrected chi connectivity index (χ2v) is 6.40. The van der Waals surface area contributed by atoms with E-state index in [2.05, 4.69) is 48.3 Å². The maximum atomic E-state index is 6.08. The van der Waals surface area contributed by atoms with E-state index in [0.29, 0.717) is 18.2 Å². The number of nitrogens with zero attached hydrogens (tertiary/aromatic N) is 1. The molecule has 0 aliphatic carbocycles. The third kappa shape index (κ3) is 3.33. The molecule has 1 aromatic carbocycles. The quantitative estimate of drug-likeness (QED) is 0.896. The highest BCUT2D eigenvalue weighted by Gasteiger charge is 2.25. The zero-order chi connectivity index (χ0) is 13.9. The van der Waals surface area contributed by atoms with E-state index < -0.39 is 0 Å². The van der Waals surface area contributed by atoms with Crippen molar-refractivity contribution in [3.05, 3.63) is 29.8 Å². The normalized spacial score (nSPS) is 31.2. The molecule has 110 valence electrons. The molecule has 3 unspecified atom stereocenters. The van der Waals surface area contributed by atoms with Gasteiger partial charge in [0.1, 0.15) is 11.9 Å². The molecule has 3 rings (SSSR count). The highest BCUT2D eigenvalue weighted by molar-refractivity contribution is 5.37. The highest BCUT2D eigenvalue weighted by Crippen LogP contribution is 2.28. The minimum Gasteiger partial charge on any atom is -0.488 e. The third-order valence-electron chi connectivity index (χ3n) is 4.50. The van der Waals surface area contributed by atoms with Crippen LogP contribution < -0.4 is 10.1 Å². The summed E-state index contributed by atoms with van der Waals surface area (Å²) < 4.78 is 6.08. The molecule has 0 amide bonds. The topological polar surface area (TPSA) is 24.5 Å². The van der Waals surface area contributed by atoms with E-state index in [4.69, 9.17) is 4.74 Å². The smallest absolute Gasteiger partial charge is 0.123 e. The minimum atomic E-state index is 0.338. The second kappa shape index (κ2) is 6.15. The number of rotatable bonds is 2. The van der Waals surface area contributed by atoms with Crippen molar-refractivity contribution in [3.63, 3.8) is 0 Å². The van der Waals surface area contributed by atoms with Gasteiger partial charge in [0.25, 0.3) is 0 Å². The van der Waals surface area contributed by atoms with Gasteiger partial charge in [0.15, 0.2) is 0 Å². The van der Waals surface area contributed by atoms with Crippen LogP contribution in [-0.2, 0) is 6.42 Å². The Kier molecular flexibility index (Phi) is 4.27. The van der Waals surface area contributed by atoms with Crippen LogP contribution in [-0.4, -0.2) is 42.7 Å². The lowest BCUT2D eigenvalue weighted by molar-refractivity contribution is 0.134. The summed E-state index contributed by atoms with van der Waals surface area (Å²) in [6, 6.07) is 9.69. The Morgan fingerprint density at radius 3 is 2.55 bits per heavy atom. The molecule has 0 bridgehead atoms. The molecule has 1 aromatic rings. The van der Waals surface area contributed by atoms with E-state index in [1.807, 2.05) is 0 Å². The van der Waals surface area contributed by atoms with Crippen molar-refractivity contribution in [3.8, 4) is 5.75 Å². The first-order valence-corrected chi connectivity index (χ1v) is 7.93. The van der Waals surface area contributed by atoms with Crippen molar-refractivity contribution in [2.45, 2.75) is 51.3 Å². The molecule has 3 heteroatoms. The fourth-order valence-electron chi connectivity index (χ4n) is 3.34. The van der Waals surface area contributed by atoms with E-state index in [9.17, 15) is 0 Å². The molecule has 20 heavy (non-hydrogen) atoms. The van der Waals surface area contributed by atoms with Crippen molar-refractivity contribution in [2.24, 2.45) is 0 Å². The van der Waals surface area contributed by atoms with Crippen molar-refractivity contribution in [2.75, 3.05) is 19.6 Å². The van der Waals surface area contributed by atoms with E-state index in [1.165, 1.54) is 31.5 Å². The molecular formula is C17H26N2O. The monoisotopic (exact) mass is 274 g/mol. The molecule has 0 saturated carbocycles. The van der Waals surface area contributed by atoms with Crippen LogP contribution in [0.3, 0.4) is 0 Å². The molecule has 2 aliphatic heterocycles. The van der Waals surface area contributed by atoms with Gasteiger partial charge in [0.2, 0.25) is 0 Å². The molecule has 2 aliphatic rings. The van der Waals surface area contributed by atoms with Gasteiger partial charge in [0.05, 0.1) is 0 Å². The molecule has 0 radical (unpaired) electrons. The number of hydrogen-bond donors (Lipinski definition) is 1. The summed E-state index contributed by atoms with van der Waals surface area (Å²) >= 11 is 0. The number of ether oxygens (including phenoxy) is 1. The average Bonchev–Trinajstić information content (AvgIpc) is 2.82. The van der Waals surface area contributed by atoms with Crippen LogP contribution in [0.5, 0.6) is 5.75 Å². The molecule has 1 fully saturated rings. The summed E-state index contributed by atoms with van der Waals surface area (Å²) in [6.45, 7) is 8.01. The zero-order valence-electron chi connectivity index (χ0n) is 12.6. The van der Waals surface area contributed by atoms with Gasteiger partial charge < -0.3 is 10.1 Å². The molecule has 1 N–H and O–H groups in total. The lowest BCUT2D eigenvalue weighted by Gasteiger charge is -2.32. The number of para-hydroxylation sites is 1. The standard InChI is InChI=1S/C17H26N2O/c1-13-7-9-19(10-8-14(2)18-13)12-16-11-15-5-3-4-6-17(15)20-16/h3-6,13-14,16,18H,7-12H2,1-2H3. The summed E-state index contributed by atoms with van der Waals surface area (Å²) in [5.41, 5.74) is 1.37. The second-order valence-electron chi connectivity index (χ2n) is 6.40. The van der Waals surface area contributed by atoms with Gasteiger partial charge in [-0.3, -0.25) is 4.90 Å². The Morgan fingerprint density at radius 2 is 1.85 bits per heavy atom. The molecule has 3 nitrogen and oxygen atoms in total. The highest BCUT2D eigenvalue weighted by atomic mass is 16.5. The van der Waals surface area contributed by atoms with Crippen LogP contribution in [0.1, 0.15) is 32.3 Å².